The second kappa shape index (κ2) is 6.20. The summed E-state index contributed by atoms with van der Waals surface area (Å²) in [6, 6.07) is 7.81. The number of aryl methyl sites for hydroxylation is 1. The number of halogens is 1. The molecular weight excluding hydrogens is 298 g/mol. The van der Waals surface area contributed by atoms with E-state index in [1.807, 2.05) is 18.3 Å². The predicted octanol–water partition coefficient (Wildman–Crippen LogP) is 2.64. The zero-order valence-corrected chi connectivity index (χ0v) is 13.1. The molecular formula is C16H16ClN5. The topological polar surface area (TPSA) is 56.1 Å². The van der Waals surface area contributed by atoms with E-state index >= 15 is 0 Å². The van der Waals surface area contributed by atoms with Gasteiger partial charge in [-0.1, -0.05) is 11.6 Å². The number of hydrogen-bond donors (Lipinski definition) is 0. The van der Waals surface area contributed by atoms with Gasteiger partial charge in [0.15, 0.2) is 0 Å². The zero-order chi connectivity index (χ0) is 15.5. The van der Waals surface area contributed by atoms with Gasteiger partial charge in [0.2, 0.25) is 0 Å². The summed E-state index contributed by atoms with van der Waals surface area (Å²) in [7, 11) is 0. The van der Waals surface area contributed by atoms with E-state index in [4.69, 9.17) is 16.9 Å². The van der Waals surface area contributed by atoms with Crippen molar-refractivity contribution in [3.8, 4) is 6.07 Å². The minimum atomic E-state index is 0.483. The highest BCUT2D eigenvalue weighted by Gasteiger charge is 2.21. The normalized spacial score (nSPS) is 14.8. The van der Waals surface area contributed by atoms with Crippen molar-refractivity contribution >= 4 is 23.2 Å². The molecule has 3 rings (SSSR count). The Morgan fingerprint density at radius 2 is 1.86 bits per heavy atom. The van der Waals surface area contributed by atoms with Gasteiger partial charge in [0.1, 0.15) is 17.7 Å². The van der Waals surface area contributed by atoms with E-state index in [0.29, 0.717) is 10.6 Å². The van der Waals surface area contributed by atoms with E-state index in [-0.39, 0.29) is 0 Å². The van der Waals surface area contributed by atoms with E-state index in [1.165, 1.54) is 5.56 Å². The van der Waals surface area contributed by atoms with Crippen LogP contribution in [0.1, 0.15) is 11.1 Å². The summed E-state index contributed by atoms with van der Waals surface area (Å²) in [5, 5.41) is 9.40. The molecule has 1 fully saturated rings. The minimum absolute atomic E-state index is 0.483. The summed E-state index contributed by atoms with van der Waals surface area (Å²) in [5.41, 5.74) is 1.69. The minimum Gasteiger partial charge on any atom is -0.353 e. The van der Waals surface area contributed by atoms with Crippen LogP contribution >= 0.6 is 11.6 Å². The average molecular weight is 314 g/mol. The Bertz CT molecular complexity index is 717. The number of anilines is 2. The number of hydrogen-bond acceptors (Lipinski definition) is 5. The van der Waals surface area contributed by atoms with Crippen LogP contribution in [0.2, 0.25) is 5.02 Å². The molecule has 0 aliphatic carbocycles. The van der Waals surface area contributed by atoms with Gasteiger partial charge >= 0.3 is 0 Å². The lowest BCUT2D eigenvalue weighted by Gasteiger charge is -2.36. The van der Waals surface area contributed by atoms with Gasteiger partial charge < -0.3 is 9.80 Å². The van der Waals surface area contributed by atoms with E-state index < -0.39 is 0 Å². The third-order valence-electron chi connectivity index (χ3n) is 3.76. The van der Waals surface area contributed by atoms with Gasteiger partial charge in [-0.3, -0.25) is 0 Å². The van der Waals surface area contributed by atoms with Crippen molar-refractivity contribution in [3.63, 3.8) is 0 Å². The molecule has 0 radical (unpaired) electrons. The van der Waals surface area contributed by atoms with E-state index in [0.717, 1.165) is 37.8 Å². The summed E-state index contributed by atoms with van der Waals surface area (Å²) < 4.78 is 0. The van der Waals surface area contributed by atoms with Crippen LogP contribution in [-0.4, -0.2) is 36.1 Å². The van der Waals surface area contributed by atoms with Gasteiger partial charge in [0, 0.05) is 38.6 Å². The molecule has 1 saturated heterocycles. The van der Waals surface area contributed by atoms with Crippen molar-refractivity contribution in [1.82, 2.24) is 9.97 Å². The van der Waals surface area contributed by atoms with Crippen LogP contribution in [-0.2, 0) is 0 Å². The number of nitriles is 1. The summed E-state index contributed by atoms with van der Waals surface area (Å²) in [4.78, 5) is 13.2. The molecule has 3 heterocycles. The lowest BCUT2D eigenvalue weighted by molar-refractivity contribution is 0.641. The predicted molar refractivity (Wildman–Crippen MR) is 87.4 cm³/mol. The molecule has 112 valence electrons. The quantitative estimate of drug-likeness (QED) is 0.853. The first-order valence-electron chi connectivity index (χ1n) is 7.15. The van der Waals surface area contributed by atoms with E-state index in [1.54, 1.807) is 12.3 Å². The summed E-state index contributed by atoms with van der Waals surface area (Å²) in [6.45, 7) is 5.47. The SMILES string of the molecule is Cc1ccnc(N2CCN(c3ncc(C#N)cc3Cl)CC2)c1. The number of aromatic nitrogens is 2. The van der Waals surface area contributed by atoms with Crippen LogP contribution in [0, 0.1) is 18.3 Å². The number of nitrogens with zero attached hydrogens (tertiary/aromatic N) is 5. The van der Waals surface area contributed by atoms with Gasteiger partial charge in [-0.2, -0.15) is 5.26 Å². The first-order valence-corrected chi connectivity index (χ1v) is 7.53. The fraction of sp³-hybridized carbons (Fsp3) is 0.312. The average Bonchev–Trinajstić information content (AvgIpc) is 2.55. The maximum Gasteiger partial charge on any atom is 0.147 e. The van der Waals surface area contributed by atoms with Crippen LogP contribution in [0.25, 0.3) is 0 Å². The highest BCUT2D eigenvalue weighted by Crippen LogP contribution is 2.25. The largest absolute Gasteiger partial charge is 0.353 e. The first kappa shape index (κ1) is 14.6. The first-order chi connectivity index (χ1) is 10.7. The van der Waals surface area contributed by atoms with Crippen LogP contribution in [0.4, 0.5) is 11.6 Å². The molecule has 0 bridgehead atoms. The molecule has 0 saturated carbocycles. The molecule has 0 amide bonds. The maximum absolute atomic E-state index is 8.87. The zero-order valence-electron chi connectivity index (χ0n) is 12.3. The summed E-state index contributed by atoms with van der Waals surface area (Å²) in [6.07, 6.45) is 3.41. The molecule has 1 aliphatic rings. The summed E-state index contributed by atoms with van der Waals surface area (Å²) in [5.74, 6) is 1.76. The monoisotopic (exact) mass is 313 g/mol. The van der Waals surface area contributed by atoms with Crippen molar-refractivity contribution < 1.29 is 0 Å². The Labute approximate surface area is 134 Å². The molecule has 0 spiro atoms. The molecule has 2 aromatic rings. The second-order valence-corrected chi connectivity index (χ2v) is 5.71. The molecule has 0 unspecified atom stereocenters. The molecule has 2 aromatic heterocycles. The van der Waals surface area contributed by atoms with Crippen molar-refractivity contribution in [2.45, 2.75) is 6.92 Å². The molecule has 0 N–H and O–H groups in total. The van der Waals surface area contributed by atoms with Gasteiger partial charge in [-0.05, 0) is 30.7 Å². The molecule has 1 aliphatic heterocycles. The Balaban J connectivity index is 1.71. The van der Waals surface area contributed by atoms with Gasteiger partial charge in [0.25, 0.3) is 0 Å². The van der Waals surface area contributed by atoms with Crippen molar-refractivity contribution in [3.05, 3.63) is 46.7 Å². The fourth-order valence-electron chi connectivity index (χ4n) is 2.57. The third-order valence-corrected chi connectivity index (χ3v) is 4.03. The maximum atomic E-state index is 8.87. The second-order valence-electron chi connectivity index (χ2n) is 5.31. The lowest BCUT2D eigenvalue weighted by Crippen LogP contribution is -2.47. The number of rotatable bonds is 2. The Kier molecular flexibility index (Phi) is 4.12. The van der Waals surface area contributed by atoms with Crippen LogP contribution in [0.15, 0.2) is 30.6 Å². The van der Waals surface area contributed by atoms with Crippen LogP contribution < -0.4 is 9.80 Å². The lowest BCUT2D eigenvalue weighted by atomic mass is 10.2. The molecule has 6 heteroatoms. The highest BCUT2D eigenvalue weighted by atomic mass is 35.5. The Hall–Kier alpha value is -2.32. The smallest absolute Gasteiger partial charge is 0.147 e. The van der Waals surface area contributed by atoms with Crippen molar-refractivity contribution in [2.24, 2.45) is 0 Å². The number of pyridine rings is 2. The van der Waals surface area contributed by atoms with Crippen molar-refractivity contribution in [1.29, 1.82) is 5.26 Å². The Morgan fingerprint density at radius 1 is 1.14 bits per heavy atom. The molecule has 22 heavy (non-hydrogen) atoms. The summed E-state index contributed by atoms with van der Waals surface area (Å²) >= 11 is 6.23. The highest BCUT2D eigenvalue weighted by molar-refractivity contribution is 6.33. The molecule has 0 atom stereocenters. The standard InChI is InChI=1S/C16H16ClN5/c1-12-2-3-19-15(8-12)21-4-6-22(7-5-21)16-14(17)9-13(10-18)11-20-16/h2-3,8-9,11H,4-7H2,1H3. The number of piperazine rings is 1. The third kappa shape index (κ3) is 2.97. The van der Waals surface area contributed by atoms with E-state index in [2.05, 4.69) is 32.8 Å². The molecule has 5 nitrogen and oxygen atoms in total. The molecule has 0 aromatic carbocycles. The van der Waals surface area contributed by atoms with Gasteiger partial charge in [-0.15, -0.1) is 0 Å². The fourth-order valence-corrected chi connectivity index (χ4v) is 2.85. The van der Waals surface area contributed by atoms with Gasteiger partial charge in [-0.25, -0.2) is 9.97 Å². The van der Waals surface area contributed by atoms with Crippen LogP contribution in [0.3, 0.4) is 0 Å². The Morgan fingerprint density at radius 3 is 2.50 bits per heavy atom. The van der Waals surface area contributed by atoms with Crippen LogP contribution in [0.5, 0.6) is 0 Å². The van der Waals surface area contributed by atoms with Gasteiger partial charge in [0.05, 0.1) is 10.6 Å². The van der Waals surface area contributed by atoms with Crippen molar-refractivity contribution in [2.75, 3.05) is 36.0 Å². The van der Waals surface area contributed by atoms with E-state index in [9.17, 15) is 0 Å².